The van der Waals surface area contributed by atoms with Crippen LogP contribution < -0.4 is 10.5 Å². The molecule has 1 heterocycles. The molecular weight excluding hydrogens is 472 g/mol. The molecule has 0 aliphatic rings. The monoisotopic (exact) mass is 491 g/mol. The molecule has 0 unspecified atom stereocenters. The number of nitrogens with zero attached hydrogens (tertiary/aromatic N) is 1. The molecule has 0 fully saturated rings. The van der Waals surface area contributed by atoms with E-state index in [4.69, 9.17) is 10.5 Å². The fourth-order valence-electron chi connectivity index (χ4n) is 4.40. The number of fused-ring (bicyclic) bond motifs is 3. The molecule has 8 heteroatoms. The Balaban J connectivity index is 1.72. The molecule has 5 rings (SSSR count). The fraction of sp³-hybridized carbons (Fsp3) is 0.107. The third-order valence-corrected chi connectivity index (χ3v) is 6.19. The first-order valence-electron chi connectivity index (χ1n) is 10.9. The summed E-state index contributed by atoms with van der Waals surface area (Å²) in [6, 6.07) is 21.8. The van der Waals surface area contributed by atoms with E-state index in [1.165, 1.54) is 0 Å². The number of amides is 1. The third-order valence-electron chi connectivity index (χ3n) is 6.19. The van der Waals surface area contributed by atoms with Gasteiger partial charge in [0.05, 0.1) is 30.3 Å². The first kappa shape index (κ1) is 23.4. The highest BCUT2D eigenvalue weighted by Gasteiger charge is 2.31. The molecule has 36 heavy (non-hydrogen) atoms. The Hall–Kier alpha value is -4.33. The lowest BCUT2D eigenvalue weighted by atomic mass is 10.0. The molecule has 1 amide bonds. The van der Waals surface area contributed by atoms with Gasteiger partial charge >= 0.3 is 6.18 Å². The Labute approximate surface area is 203 Å². The number of alkyl halides is 3. The summed E-state index contributed by atoms with van der Waals surface area (Å²) in [7, 11) is 1.57. The summed E-state index contributed by atoms with van der Waals surface area (Å²) in [6.07, 6.45) is -4.65. The summed E-state index contributed by atoms with van der Waals surface area (Å²) in [5, 5.41) is 1.15. The fourth-order valence-corrected chi connectivity index (χ4v) is 4.40. The Morgan fingerprint density at radius 1 is 1.00 bits per heavy atom. The number of aromatic nitrogens is 1. The van der Waals surface area contributed by atoms with E-state index >= 15 is 0 Å². The second-order valence-electron chi connectivity index (χ2n) is 8.33. The van der Waals surface area contributed by atoms with E-state index in [2.05, 4.69) is 6.07 Å². The highest BCUT2D eigenvalue weighted by Crippen LogP contribution is 2.36. The van der Waals surface area contributed by atoms with Crippen molar-refractivity contribution < 1.29 is 27.1 Å². The maximum atomic E-state index is 14.8. The Kier molecular flexibility index (Phi) is 5.67. The predicted octanol–water partition coefficient (Wildman–Crippen LogP) is 6.58. The van der Waals surface area contributed by atoms with Crippen molar-refractivity contribution in [1.82, 2.24) is 4.57 Å². The second-order valence-corrected chi connectivity index (χ2v) is 8.33. The van der Waals surface area contributed by atoms with Crippen LogP contribution in [0.25, 0.3) is 32.9 Å². The van der Waals surface area contributed by atoms with Gasteiger partial charge in [0, 0.05) is 21.9 Å². The van der Waals surface area contributed by atoms with Gasteiger partial charge in [-0.3, -0.25) is 4.79 Å². The van der Waals surface area contributed by atoms with Crippen LogP contribution in [0.15, 0.2) is 72.8 Å². The number of benzene rings is 4. The number of hydrogen-bond donors (Lipinski definition) is 1. The molecule has 5 aromatic rings. The van der Waals surface area contributed by atoms with Crippen LogP contribution in [0.2, 0.25) is 0 Å². The molecule has 1 aromatic heterocycles. The molecule has 4 nitrogen and oxygen atoms in total. The summed E-state index contributed by atoms with van der Waals surface area (Å²) in [5.74, 6) is -0.907. The highest BCUT2D eigenvalue weighted by atomic mass is 19.4. The first-order chi connectivity index (χ1) is 17.2. The number of hydrogen-bond acceptors (Lipinski definition) is 2. The van der Waals surface area contributed by atoms with Crippen LogP contribution in [0.4, 0.5) is 17.6 Å². The molecule has 0 spiro atoms. The van der Waals surface area contributed by atoms with Gasteiger partial charge in [0.2, 0.25) is 5.91 Å². The van der Waals surface area contributed by atoms with Crippen LogP contribution in [0, 0.1) is 11.9 Å². The number of methoxy groups -OCH3 is 1. The average molecular weight is 491 g/mol. The zero-order valence-electron chi connectivity index (χ0n) is 19.0. The van der Waals surface area contributed by atoms with E-state index < -0.39 is 23.5 Å². The standard InChI is InChI=1S/C28H19F4N2O2/c1-36-20-10-6-16(7-11-20)17-8-12-21-25(13-17)34(24-4-2-3-22(26(21)24)27(33)35)15-18-5-9-19(14-23(18)29)28(30,31)32/h2-11,13-14H,15H2,1H3,(H2,33,35). The van der Waals surface area contributed by atoms with Gasteiger partial charge in [-0.2, -0.15) is 13.2 Å². The number of nitrogens with two attached hydrogens (primary N) is 1. The summed E-state index contributed by atoms with van der Waals surface area (Å²) >= 11 is 0. The largest absolute Gasteiger partial charge is 0.497 e. The van der Waals surface area contributed by atoms with Crippen molar-refractivity contribution in [2.45, 2.75) is 12.7 Å². The van der Waals surface area contributed by atoms with Crippen molar-refractivity contribution in [1.29, 1.82) is 0 Å². The maximum absolute atomic E-state index is 14.8. The third kappa shape index (κ3) is 4.04. The number of ether oxygens (including phenoxy) is 1. The van der Waals surface area contributed by atoms with Crippen molar-refractivity contribution in [3.8, 4) is 16.9 Å². The van der Waals surface area contributed by atoms with Crippen LogP contribution in [-0.4, -0.2) is 17.6 Å². The molecule has 2 N–H and O–H groups in total. The quantitative estimate of drug-likeness (QED) is 0.283. The maximum Gasteiger partial charge on any atom is 0.416 e. The van der Waals surface area contributed by atoms with Gasteiger partial charge < -0.3 is 15.0 Å². The van der Waals surface area contributed by atoms with Crippen molar-refractivity contribution in [3.05, 3.63) is 101 Å². The summed E-state index contributed by atoms with van der Waals surface area (Å²) in [4.78, 5) is 12.2. The SMILES string of the molecule is COc1ccc(-c2c[c]c3c4c(C(N)=O)cccc4n(Cc4ccc(C(F)(F)F)cc4F)c3c2)cc1. The predicted molar refractivity (Wildman–Crippen MR) is 129 cm³/mol. The normalized spacial score (nSPS) is 11.8. The molecular formula is C28H19F4N2O2. The van der Waals surface area contributed by atoms with Crippen molar-refractivity contribution in [2.75, 3.05) is 7.11 Å². The van der Waals surface area contributed by atoms with Crippen molar-refractivity contribution in [2.24, 2.45) is 5.73 Å². The van der Waals surface area contributed by atoms with Crippen molar-refractivity contribution in [3.63, 3.8) is 0 Å². The van der Waals surface area contributed by atoms with Crippen molar-refractivity contribution >= 4 is 27.7 Å². The Morgan fingerprint density at radius 2 is 1.75 bits per heavy atom. The minimum Gasteiger partial charge on any atom is -0.497 e. The van der Waals surface area contributed by atoms with Crippen LogP contribution in [0.1, 0.15) is 21.5 Å². The minimum atomic E-state index is -4.65. The van der Waals surface area contributed by atoms with Gasteiger partial charge in [0.1, 0.15) is 11.6 Å². The molecule has 4 aromatic carbocycles. The average Bonchev–Trinajstić information content (AvgIpc) is 3.17. The summed E-state index contributed by atoms with van der Waals surface area (Å²) < 4.78 is 60.9. The van der Waals surface area contributed by atoms with Gasteiger partial charge in [0.15, 0.2) is 0 Å². The number of rotatable bonds is 5. The second kappa shape index (κ2) is 8.71. The van der Waals surface area contributed by atoms with Crippen LogP contribution in [-0.2, 0) is 12.7 Å². The smallest absolute Gasteiger partial charge is 0.416 e. The molecule has 1 radical (unpaired) electrons. The molecule has 0 aliphatic carbocycles. The Bertz CT molecular complexity index is 1620. The number of carbonyl (C=O) groups is 1. The van der Waals surface area contributed by atoms with Crippen LogP contribution >= 0.6 is 0 Å². The lowest BCUT2D eigenvalue weighted by Crippen LogP contribution is -2.11. The van der Waals surface area contributed by atoms with Crippen LogP contribution in [0.5, 0.6) is 5.75 Å². The molecule has 181 valence electrons. The zero-order valence-corrected chi connectivity index (χ0v) is 19.0. The zero-order chi connectivity index (χ0) is 25.6. The molecule has 0 aliphatic heterocycles. The van der Waals surface area contributed by atoms with Gasteiger partial charge in [0.25, 0.3) is 0 Å². The van der Waals surface area contributed by atoms with E-state index in [-0.39, 0.29) is 17.7 Å². The summed E-state index contributed by atoms with van der Waals surface area (Å²) in [5.41, 5.74) is 7.81. The number of primary amides is 1. The highest BCUT2D eigenvalue weighted by molar-refractivity contribution is 6.18. The Morgan fingerprint density at radius 3 is 2.39 bits per heavy atom. The summed E-state index contributed by atoms with van der Waals surface area (Å²) in [6.45, 7) is -0.0634. The van der Waals surface area contributed by atoms with Crippen LogP contribution in [0.3, 0.4) is 0 Å². The molecule has 0 saturated heterocycles. The minimum absolute atomic E-state index is 0.0634. The van der Waals surface area contributed by atoms with Gasteiger partial charge in [-0.05, 0) is 65.7 Å². The first-order valence-corrected chi connectivity index (χ1v) is 10.9. The van der Waals surface area contributed by atoms with Gasteiger partial charge in [-0.15, -0.1) is 0 Å². The van der Waals surface area contributed by atoms with E-state index in [1.54, 1.807) is 35.9 Å². The van der Waals surface area contributed by atoms with E-state index in [1.807, 2.05) is 30.3 Å². The molecule has 0 bridgehead atoms. The number of halogens is 4. The molecule has 0 saturated carbocycles. The topological polar surface area (TPSA) is 57.2 Å². The number of carbonyl (C=O) groups excluding carboxylic acids is 1. The van der Waals surface area contributed by atoms with E-state index in [0.29, 0.717) is 33.6 Å². The lowest BCUT2D eigenvalue weighted by Gasteiger charge is -2.12. The lowest BCUT2D eigenvalue weighted by molar-refractivity contribution is -0.137. The molecule has 0 atom stereocenters. The van der Waals surface area contributed by atoms with E-state index in [0.717, 1.165) is 23.3 Å². The van der Waals surface area contributed by atoms with Gasteiger partial charge in [-0.25, -0.2) is 4.39 Å². The van der Waals surface area contributed by atoms with Gasteiger partial charge in [-0.1, -0.05) is 24.3 Å². The van der Waals surface area contributed by atoms with E-state index in [9.17, 15) is 22.4 Å².